The molecule has 11 nitrogen and oxygen atoms in total. The van der Waals surface area contributed by atoms with Gasteiger partial charge in [-0.1, -0.05) is 11.6 Å². The van der Waals surface area contributed by atoms with Crippen molar-refractivity contribution in [3.05, 3.63) is 57.9 Å². The number of esters is 1. The minimum Gasteiger partial charge on any atom is -0.452 e. The van der Waals surface area contributed by atoms with Crippen molar-refractivity contribution >= 4 is 44.9 Å². The van der Waals surface area contributed by atoms with E-state index in [1.165, 1.54) is 47.9 Å². The van der Waals surface area contributed by atoms with Crippen LogP contribution in [-0.4, -0.2) is 53.7 Å². The lowest BCUT2D eigenvalue weighted by atomic mass is 9.98. The highest BCUT2D eigenvalue weighted by molar-refractivity contribution is 7.89. The molecule has 2 heterocycles. The second-order valence-electron chi connectivity index (χ2n) is 7.36. The lowest BCUT2D eigenvalue weighted by Crippen LogP contribution is -2.41. The minimum atomic E-state index is -3.69. The van der Waals surface area contributed by atoms with Crippen LogP contribution in [0.3, 0.4) is 0 Å². The Kier molecular flexibility index (Phi) is 7.61. The molecule has 33 heavy (non-hydrogen) atoms. The summed E-state index contributed by atoms with van der Waals surface area (Å²) in [5, 5.41) is 13.2. The maximum absolute atomic E-state index is 12.7. The van der Waals surface area contributed by atoms with E-state index < -0.39 is 38.8 Å². The fourth-order valence-electron chi connectivity index (χ4n) is 3.26. The van der Waals surface area contributed by atoms with Gasteiger partial charge in [-0.3, -0.25) is 24.7 Å². The van der Waals surface area contributed by atoms with E-state index in [1.54, 1.807) is 0 Å². The molecule has 176 valence electrons. The van der Waals surface area contributed by atoms with Crippen molar-refractivity contribution in [3.63, 3.8) is 0 Å². The zero-order valence-corrected chi connectivity index (χ0v) is 19.1. The number of benzene rings is 1. The van der Waals surface area contributed by atoms with Crippen molar-refractivity contribution in [1.29, 1.82) is 0 Å². The third-order valence-electron chi connectivity index (χ3n) is 5.14. The van der Waals surface area contributed by atoms with Crippen LogP contribution >= 0.6 is 11.6 Å². The summed E-state index contributed by atoms with van der Waals surface area (Å²) in [6, 6.07) is 6.56. The Morgan fingerprint density at radius 1 is 1.30 bits per heavy atom. The molecule has 1 aliphatic rings. The lowest BCUT2D eigenvalue weighted by Gasteiger charge is -2.30. The lowest BCUT2D eigenvalue weighted by molar-refractivity contribution is -0.384. The van der Waals surface area contributed by atoms with Gasteiger partial charge in [0.15, 0.2) is 6.10 Å². The predicted molar refractivity (Wildman–Crippen MR) is 118 cm³/mol. The molecule has 1 aromatic heterocycles. The van der Waals surface area contributed by atoms with Gasteiger partial charge in [-0.05, 0) is 38.0 Å². The van der Waals surface area contributed by atoms with Crippen molar-refractivity contribution < 1.29 is 27.7 Å². The first-order chi connectivity index (χ1) is 15.6. The maximum atomic E-state index is 12.7. The number of nitro groups is 1. The fraction of sp³-hybridized carbons (Fsp3) is 0.350. The Balaban J connectivity index is 1.53. The maximum Gasteiger partial charge on any atom is 0.309 e. The smallest absolute Gasteiger partial charge is 0.309 e. The number of halogens is 1. The third kappa shape index (κ3) is 5.83. The zero-order chi connectivity index (χ0) is 24.2. The number of hydrogen-bond acceptors (Lipinski definition) is 8. The molecule has 1 N–H and O–H groups in total. The van der Waals surface area contributed by atoms with Crippen LogP contribution in [0.4, 0.5) is 11.4 Å². The number of amides is 1. The van der Waals surface area contributed by atoms with E-state index in [0.29, 0.717) is 0 Å². The van der Waals surface area contributed by atoms with Gasteiger partial charge >= 0.3 is 5.97 Å². The monoisotopic (exact) mass is 496 g/mol. The molecule has 3 rings (SSSR count). The second kappa shape index (κ2) is 10.2. The molecule has 0 aliphatic carbocycles. The molecule has 0 radical (unpaired) electrons. The number of sulfonamides is 1. The van der Waals surface area contributed by atoms with E-state index >= 15 is 0 Å². The summed E-state index contributed by atoms with van der Waals surface area (Å²) >= 11 is 5.96. The number of nitro benzene ring substituents is 1. The van der Waals surface area contributed by atoms with Gasteiger partial charge in [0, 0.05) is 37.6 Å². The Morgan fingerprint density at radius 2 is 2.00 bits per heavy atom. The molecular weight excluding hydrogens is 476 g/mol. The summed E-state index contributed by atoms with van der Waals surface area (Å²) in [6.45, 7) is 1.65. The predicted octanol–water partition coefficient (Wildman–Crippen LogP) is 2.61. The Labute approximate surface area is 194 Å². The van der Waals surface area contributed by atoms with Crippen LogP contribution in [0.25, 0.3) is 0 Å². The average Bonchev–Trinajstić information content (AvgIpc) is 2.80. The molecule has 1 unspecified atom stereocenters. The molecular formula is C20H21ClN4O7S. The van der Waals surface area contributed by atoms with Gasteiger partial charge in [-0.15, -0.1) is 0 Å². The number of hydrogen-bond donors (Lipinski definition) is 1. The Bertz CT molecular complexity index is 1150. The molecule has 0 bridgehead atoms. The highest BCUT2D eigenvalue weighted by atomic mass is 35.5. The van der Waals surface area contributed by atoms with Crippen molar-refractivity contribution in [2.24, 2.45) is 5.92 Å². The van der Waals surface area contributed by atoms with Crippen molar-refractivity contribution in [3.8, 4) is 0 Å². The molecule has 1 aromatic carbocycles. The minimum absolute atomic E-state index is 0.0294. The van der Waals surface area contributed by atoms with Crippen LogP contribution in [0, 0.1) is 16.0 Å². The number of carbonyl (C=O) groups is 2. The van der Waals surface area contributed by atoms with Gasteiger partial charge in [-0.2, -0.15) is 4.31 Å². The number of aromatic nitrogens is 1. The second-order valence-corrected chi connectivity index (χ2v) is 9.70. The SMILES string of the molecule is CC(OC(=O)C1CCN(S(=O)(=O)c2cccnc2)CC1)C(=O)Nc1ccc([N+](=O)[O-])cc1Cl. The number of nitrogens with zero attached hydrogens (tertiary/aromatic N) is 3. The summed E-state index contributed by atoms with van der Waals surface area (Å²) in [4.78, 5) is 38.9. The largest absolute Gasteiger partial charge is 0.452 e. The first-order valence-corrected chi connectivity index (χ1v) is 11.8. The van der Waals surface area contributed by atoms with Gasteiger partial charge < -0.3 is 10.1 Å². The summed E-state index contributed by atoms with van der Waals surface area (Å²) in [7, 11) is -3.69. The highest BCUT2D eigenvalue weighted by Gasteiger charge is 2.34. The summed E-state index contributed by atoms with van der Waals surface area (Å²) in [5.41, 5.74) is -0.0848. The van der Waals surface area contributed by atoms with Crippen molar-refractivity contribution in [2.45, 2.75) is 30.8 Å². The van der Waals surface area contributed by atoms with E-state index in [4.69, 9.17) is 16.3 Å². The number of non-ortho nitro benzene ring substituents is 1. The number of piperidine rings is 1. The average molecular weight is 497 g/mol. The Morgan fingerprint density at radius 3 is 2.58 bits per heavy atom. The van der Waals surface area contributed by atoms with E-state index in [9.17, 15) is 28.1 Å². The summed E-state index contributed by atoms with van der Waals surface area (Å²) in [6.07, 6.45) is 2.10. The molecule has 13 heteroatoms. The number of nitrogens with one attached hydrogen (secondary N) is 1. The Hall–Kier alpha value is -3.09. The van der Waals surface area contributed by atoms with Crippen LogP contribution in [0.2, 0.25) is 5.02 Å². The van der Waals surface area contributed by atoms with Gasteiger partial charge in [-0.25, -0.2) is 8.42 Å². The highest BCUT2D eigenvalue weighted by Crippen LogP contribution is 2.27. The van der Waals surface area contributed by atoms with E-state index in [-0.39, 0.29) is 47.2 Å². The molecule has 1 atom stereocenters. The molecule has 1 amide bonds. The summed E-state index contributed by atoms with van der Waals surface area (Å²) in [5.74, 6) is -1.81. The first kappa shape index (κ1) is 24.6. The normalized spacial score (nSPS) is 16.1. The molecule has 0 saturated carbocycles. The number of ether oxygens (including phenoxy) is 1. The standard InChI is InChI=1S/C20H21ClN4O7S/c1-13(19(26)23-18-5-4-15(25(28)29)11-17(18)21)32-20(27)14-6-9-24(10-7-14)33(30,31)16-3-2-8-22-12-16/h2-5,8,11-14H,6-7,9-10H2,1H3,(H,23,26). The van der Waals surface area contributed by atoms with E-state index in [1.807, 2.05) is 0 Å². The van der Waals surface area contributed by atoms with E-state index in [0.717, 1.165) is 6.07 Å². The molecule has 1 aliphatic heterocycles. The van der Waals surface area contributed by atoms with Crippen LogP contribution < -0.4 is 5.32 Å². The first-order valence-electron chi connectivity index (χ1n) is 9.95. The van der Waals surface area contributed by atoms with Gasteiger partial charge in [0.2, 0.25) is 10.0 Å². The molecule has 1 saturated heterocycles. The molecule has 2 aromatic rings. The topological polar surface area (TPSA) is 149 Å². The molecule has 0 spiro atoms. The number of anilines is 1. The van der Waals surface area contributed by atoms with Crippen LogP contribution in [0.5, 0.6) is 0 Å². The fourth-order valence-corrected chi connectivity index (χ4v) is 4.91. The third-order valence-corrected chi connectivity index (χ3v) is 7.34. The number of pyridine rings is 1. The zero-order valence-electron chi connectivity index (χ0n) is 17.5. The van der Waals surface area contributed by atoms with Crippen molar-refractivity contribution in [2.75, 3.05) is 18.4 Å². The van der Waals surface area contributed by atoms with Crippen LogP contribution in [0.15, 0.2) is 47.6 Å². The van der Waals surface area contributed by atoms with E-state index in [2.05, 4.69) is 10.3 Å². The van der Waals surface area contributed by atoms with Crippen LogP contribution in [0.1, 0.15) is 19.8 Å². The number of carbonyl (C=O) groups excluding carboxylic acids is 2. The van der Waals surface area contributed by atoms with Gasteiger partial charge in [0.25, 0.3) is 11.6 Å². The van der Waals surface area contributed by atoms with Crippen LogP contribution in [-0.2, 0) is 24.3 Å². The van der Waals surface area contributed by atoms with Gasteiger partial charge in [0.1, 0.15) is 4.90 Å². The molecule has 1 fully saturated rings. The quantitative estimate of drug-likeness (QED) is 0.349. The number of rotatable bonds is 7. The summed E-state index contributed by atoms with van der Waals surface area (Å²) < 4.78 is 31.9. The van der Waals surface area contributed by atoms with Gasteiger partial charge in [0.05, 0.1) is 21.6 Å². The van der Waals surface area contributed by atoms with Crippen molar-refractivity contribution in [1.82, 2.24) is 9.29 Å².